The maximum Gasteiger partial charge on any atom is 0.348 e. The SMILES string of the molecule is CC=C(C)C(=O)OC1C2C(C)=CC(=O)C(O)C2(C)C2C3(O)OCC24C1OC(=O)C(OC(C)=O)C4C(C)C3O. The van der Waals surface area contributed by atoms with Crippen molar-refractivity contribution in [2.24, 2.45) is 34.5 Å². The minimum Gasteiger partial charge on any atom is -0.455 e. The lowest BCUT2D eigenvalue weighted by Gasteiger charge is -2.69. The monoisotopic (exact) mass is 534 g/mol. The van der Waals surface area contributed by atoms with Crippen LogP contribution in [0, 0.1) is 34.5 Å². The summed E-state index contributed by atoms with van der Waals surface area (Å²) in [6, 6.07) is 0. The van der Waals surface area contributed by atoms with Crippen molar-refractivity contribution in [1.82, 2.24) is 0 Å². The number of rotatable bonds is 3. The van der Waals surface area contributed by atoms with E-state index in [4.69, 9.17) is 18.9 Å². The van der Waals surface area contributed by atoms with Gasteiger partial charge in [0.05, 0.1) is 12.0 Å². The first-order chi connectivity index (χ1) is 17.7. The summed E-state index contributed by atoms with van der Waals surface area (Å²) in [5.41, 5.74) is -2.17. The van der Waals surface area contributed by atoms with Gasteiger partial charge in [0.15, 0.2) is 11.6 Å². The number of hydrogen-bond donors (Lipinski definition) is 3. The molecular formula is C27H34O11. The van der Waals surface area contributed by atoms with E-state index in [1.807, 2.05) is 0 Å². The molecule has 2 aliphatic heterocycles. The molecule has 4 fully saturated rings. The maximum atomic E-state index is 13.4. The Kier molecular flexibility index (Phi) is 6.00. The molecule has 12 atom stereocenters. The molecule has 0 aromatic rings. The van der Waals surface area contributed by atoms with Crippen LogP contribution in [0.25, 0.3) is 0 Å². The predicted octanol–water partition coefficient (Wildman–Crippen LogP) is 0.196. The second-order valence-corrected chi connectivity index (χ2v) is 11.7. The van der Waals surface area contributed by atoms with E-state index < -0.39 is 94.5 Å². The fourth-order valence-corrected chi connectivity index (χ4v) is 8.49. The number of ketones is 1. The molecule has 0 aromatic heterocycles. The molecule has 38 heavy (non-hydrogen) atoms. The number of carbonyl (C=O) groups excluding carboxylic acids is 4. The molecule has 2 saturated heterocycles. The topological polar surface area (TPSA) is 166 Å². The zero-order valence-corrected chi connectivity index (χ0v) is 22.2. The predicted molar refractivity (Wildman–Crippen MR) is 127 cm³/mol. The highest BCUT2D eigenvalue weighted by molar-refractivity contribution is 5.96. The van der Waals surface area contributed by atoms with Gasteiger partial charge in [-0.25, -0.2) is 9.59 Å². The average molecular weight is 535 g/mol. The Balaban J connectivity index is 1.81. The number of carbonyl (C=O) groups is 4. The second-order valence-electron chi connectivity index (χ2n) is 11.7. The van der Waals surface area contributed by atoms with Gasteiger partial charge in [0.2, 0.25) is 6.10 Å². The quantitative estimate of drug-likeness (QED) is 0.257. The smallest absolute Gasteiger partial charge is 0.348 e. The summed E-state index contributed by atoms with van der Waals surface area (Å²) in [5.74, 6) is -9.01. The summed E-state index contributed by atoms with van der Waals surface area (Å²) in [6.07, 6.45) is -4.24. The lowest BCUT2D eigenvalue weighted by Crippen LogP contribution is -2.81. The van der Waals surface area contributed by atoms with Gasteiger partial charge in [0, 0.05) is 35.7 Å². The van der Waals surface area contributed by atoms with Crippen LogP contribution < -0.4 is 0 Å². The Labute approximate surface area is 219 Å². The van der Waals surface area contributed by atoms with Gasteiger partial charge in [-0.2, -0.15) is 0 Å². The van der Waals surface area contributed by atoms with Gasteiger partial charge in [-0.15, -0.1) is 0 Å². The average Bonchev–Trinajstić information content (AvgIpc) is 3.13. The van der Waals surface area contributed by atoms with Crippen molar-refractivity contribution in [3.8, 4) is 0 Å². The maximum absolute atomic E-state index is 13.4. The van der Waals surface area contributed by atoms with Crippen LogP contribution in [0.15, 0.2) is 23.3 Å². The summed E-state index contributed by atoms with van der Waals surface area (Å²) in [4.78, 5) is 51.6. The molecule has 5 aliphatic rings. The van der Waals surface area contributed by atoms with E-state index in [0.717, 1.165) is 6.92 Å². The van der Waals surface area contributed by atoms with Gasteiger partial charge in [-0.1, -0.05) is 25.5 Å². The lowest BCUT2D eigenvalue weighted by molar-refractivity contribution is -0.352. The Morgan fingerprint density at radius 3 is 2.45 bits per heavy atom. The Bertz CT molecular complexity index is 1170. The van der Waals surface area contributed by atoms with Gasteiger partial charge in [0.1, 0.15) is 24.4 Å². The van der Waals surface area contributed by atoms with Crippen molar-refractivity contribution in [2.75, 3.05) is 6.61 Å². The van der Waals surface area contributed by atoms with Crippen molar-refractivity contribution < 1.29 is 53.4 Å². The van der Waals surface area contributed by atoms with E-state index in [-0.39, 0.29) is 6.61 Å². The van der Waals surface area contributed by atoms with Gasteiger partial charge >= 0.3 is 17.9 Å². The number of aliphatic hydroxyl groups excluding tert-OH is 2. The molecule has 0 radical (unpaired) electrons. The van der Waals surface area contributed by atoms with Crippen molar-refractivity contribution >= 4 is 23.7 Å². The number of aliphatic hydroxyl groups is 3. The molecule has 11 heteroatoms. The minimum atomic E-state index is -2.24. The van der Waals surface area contributed by atoms with Crippen molar-refractivity contribution in [3.05, 3.63) is 23.3 Å². The highest BCUT2D eigenvalue weighted by Gasteiger charge is 2.85. The number of fused-ring (bicyclic) bond motifs is 1. The van der Waals surface area contributed by atoms with E-state index in [1.54, 1.807) is 40.7 Å². The minimum absolute atomic E-state index is 0.265. The zero-order chi connectivity index (χ0) is 28.1. The Morgan fingerprint density at radius 1 is 1.18 bits per heavy atom. The second kappa shape index (κ2) is 8.45. The first-order valence-corrected chi connectivity index (χ1v) is 12.8. The normalized spacial score (nSPS) is 49.3. The van der Waals surface area contributed by atoms with Gasteiger partial charge in [-0.3, -0.25) is 9.59 Å². The molecule has 1 spiro atoms. The van der Waals surface area contributed by atoms with E-state index in [0.29, 0.717) is 11.1 Å². The van der Waals surface area contributed by atoms with E-state index in [1.165, 1.54) is 6.08 Å². The molecule has 0 aromatic carbocycles. The molecular weight excluding hydrogens is 500 g/mol. The molecule has 2 heterocycles. The molecule has 12 unspecified atom stereocenters. The Hall–Kier alpha value is -2.60. The lowest BCUT2D eigenvalue weighted by atomic mass is 9.37. The molecule has 2 saturated carbocycles. The van der Waals surface area contributed by atoms with Crippen LogP contribution in [0.4, 0.5) is 0 Å². The molecule has 11 nitrogen and oxygen atoms in total. The third-order valence-electron chi connectivity index (χ3n) is 9.87. The van der Waals surface area contributed by atoms with Crippen LogP contribution in [-0.4, -0.2) is 81.9 Å². The molecule has 3 aliphatic carbocycles. The van der Waals surface area contributed by atoms with Crippen LogP contribution in [-0.2, 0) is 38.1 Å². The van der Waals surface area contributed by atoms with Crippen LogP contribution in [0.5, 0.6) is 0 Å². The van der Waals surface area contributed by atoms with Crippen LogP contribution in [0.2, 0.25) is 0 Å². The van der Waals surface area contributed by atoms with Crippen LogP contribution >= 0.6 is 0 Å². The fourth-order valence-electron chi connectivity index (χ4n) is 8.49. The largest absolute Gasteiger partial charge is 0.455 e. The summed E-state index contributed by atoms with van der Waals surface area (Å²) >= 11 is 0. The number of ether oxygens (including phenoxy) is 4. The first kappa shape index (κ1) is 27.0. The standard InChI is InChI=1S/C27H34O11/c1-7-10(2)22(32)37-17-15-11(3)8-14(29)20(31)25(15,6)24-26-9-35-27(24,34)19(30)12(4)16(26)18(36-13(5)28)23(33)38-21(17)26/h7-8,12,15-21,24,30-31,34H,9H2,1-6H3. The highest BCUT2D eigenvalue weighted by Crippen LogP contribution is 2.74. The number of allylic oxidation sites excluding steroid dienone is 1. The van der Waals surface area contributed by atoms with Crippen LogP contribution in [0.3, 0.4) is 0 Å². The third-order valence-corrected chi connectivity index (χ3v) is 9.87. The molecule has 2 bridgehead atoms. The fraction of sp³-hybridized carbons (Fsp3) is 0.704. The van der Waals surface area contributed by atoms with E-state index >= 15 is 0 Å². The van der Waals surface area contributed by atoms with E-state index in [9.17, 15) is 34.5 Å². The van der Waals surface area contributed by atoms with Crippen molar-refractivity contribution in [3.63, 3.8) is 0 Å². The number of esters is 3. The molecule has 0 amide bonds. The first-order valence-electron chi connectivity index (χ1n) is 12.8. The summed E-state index contributed by atoms with van der Waals surface area (Å²) in [5, 5.41) is 34.8. The van der Waals surface area contributed by atoms with Gasteiger partial charge < -0.3 is 34.3 Å². The summed E-state index contributed by atoms with van der Waals surface area (Å²) in [7, 11) is 0. The van der Waals surface area contributed by atoms with Gasteiger partial charge in [0.25, 0.3) is 0 Å². The summed E-state index contributed by atoms with van der Waals surface area (Å²) < 4.78 is 23.3. The Morgan fingerprint density at radius 2 is 1.84 bits per heavy atom. The van der Waals surface area contributed by atoms with Gasteiger partial charge in [-0.05, 0) is 32.8 Å². The highest BCUT2D eigenvalue weighted by atomic mass is 16.7. The number of hydrogen-bond acceptors (Lipinski definition) is 11. The summed E-state index contributed by atoms with van der Waals surface area (Å²) in [6.45, 7) is 8.95. The molecule has 208 valence electrons. The van der Waals surface area contributed by atoms with E-state index in [2.05, 4.69) is 0 Å². The zero-order valence-electron chi connectivity index (χ0n) is 22.2. The molecule has 5 rings (SSSR count). The molecule has 3 N–H and O–H groups in total. The van der Waals surface area contributed by atoms with Crippen LogP contribution in [0.1, 0.15) is 41.5 Å². The van der Waals surface area contributed by atoms with Crippen molar-refractivity contribution in [2.45, 2.75) is 77.8 Å². The third kappa shape index (κ3) is 3.10. The van der Waals surface area contributed by atoms with Crippen molar-refractivity contribution in [1.29, 1.82) is 0 Å².